The van der Waals surface area contributed by atoms with Gasteiger partial charge in [0.25, 0.3) is 0 Å². The van der Waals surface area contributed by atoms with E-state index >= 15 is 0 Å². The third-order valence-electron chi connectivity index (χ3n) is 2.90. The topological polar surface area (TPSA) is 12.5 Å². The van der Waals surface area contributed by atoms with Gasteiger partial charge in [0.15, 0.2) is 0 Å². The van der Waals surface area contributed by atoms with E-state index in [0.29, 0.717) is 6.10 Å². The number of ether oxygens (including phenoxy) is 1. The summed E-state index contributed by atoms with van der Waals surface area (Å²) in [6.07, 6.45) is 5.92. The highest BCUT2D eigenvalue weighted by molar-refractivity contribution is 4.72. The molecule has 0 radical (unpaired) electrons. The van der Waals surface area contributed by atoms with Gasteiger partial charge >= 0.3 is 0 Å². The predicted octanol–water partition coefficient (Wildman–Crippen LogP) is 2.14. The van der Waals surface area contributed by atoms with Crippen molar-refractivity contribution in [1.82, 2.24) is 4.90 Å². The maximum atomic E-state index is 5.86. The van der Waals surface area contributed by atoms with Crippen LogP contribution < -0.4 is 0 Å². The molecule has 0 aromatic carbocycles. The maximum absolute atomic E-state index is 5.86. The van der Waals surface area contributed by atoms with E-state index in [4.69, 9.17) is 4.74 Å². The summed E-state index contributed by atoms with van der Waals surface area (Å²) in [6.45, 7) is 4.25. The van der Waals surface area contributed by atoms with E-state index in [-0.39, 0.29) is 0 Å². The Morgan fingerprint density at radius 1 is 1.23 bits per heavy atom. The van der Waals surface area contributed by atoms with Crippen LogP contribution in [0.25, 0.3) is 0 Å². The summed E-state index contributed by atoms with van der Waals surface area (Å²) in [5.74, 6) is 0.774. The molecule has 0 bridgehead atoms. The van der Waals surface area contributed by atoms with E-state index in [9.17, 15) is 0 Å². The number of likely N-dealkylation sites (N-methyl/N-ethyl adjacent to an activating group) is 1. The molecule has 2 nitrogen and oxygen atoms in total. The van der Waals surface area contributed by atoms with Crippen LogP contribution in [0.1, 0.15) is 32.6 Å². The zero-order chi connectivity index (χ0) is 9.68. The van der Waals surface area contributed by atoms with Crippen LogP contribution in [0.5, 0.6) is 0 Å². The van der Waals surface area contributed by atoms with Gasteiger partial charge in [-0.2, -0.15) is 0 Å². The Hall–Kier alpha value is -0.0800. The van der Waals surface area contributed by atoms with Crippen LogP contribution in [0.4, 0.5) is 0 Å². The lowest BCUT2D eigenvalue weighted by Gasteiger charge is -2.29. The highest BCUT2D eigenvalue weighted by Gasteiger charge is 2.21. The molecule has 0 aromatic heterocycles. The van der Waals surface area contributed by atoms with Crippen molar-refractivity contribution in [3.8, 4) is 0 Å². The minimum atomic E-state index is 0.536. The molecule has 0 N–H and O–H groups in total. The van der Waals surface area contributed by atoms with Crippen LogP contribution in [0.2, 0.25) is 0 Å². The molecule has 1 rings (SSSR count). The van der Waals surface area contributed by atoms with Crippen LogP contribution in [-0.2, 0) is 4.74 Å². The Balaban J connectivity index is 2.11. The Labute approximate surface area is 82.3 Å². The minimum absolute atomic E-state index is 0.536. The van der Waals surface area contributed by atoms with Crippen molar-refractivity contribution in [2.24, 2.45) is 5.92 Å². The van der Waals surface area contributed by atoms with Gasteiger partial charge in [-0.15, -0.1) is 0 Å². The number of hydrogen-bond acceptors (Lipinski definition) is 2. The van der Waals surface area contributed by atoms with E-state index in [2.05, 4.69) is 25.9 Å². The molecule has 1 fully saturated rings. The fourth-order valence-corrected chi connectivity index (χ4v) is 1.92. The summed E-state index contributed by atoms with van der Waals surface area (Å²) >= 11 is 0. The summed E-state index contributed by atoms with van der Waals surface area (Å²) in [5, 5.41) is 0. The average molecular weight is 185 g/mol. The van der Waals surface area contributed by atoms with E-state index < -0.39 is 0 Å². The van der Waals surface area contributed by atoms with E-state index in [1.807, 2.05) is 0 Å². The van der Waals surface area contributed by atoms with Crippen molar-refractivity contribution in [2.45, 2.75) is 38.7 Å². The first-order chi connectivity index (χ1) is 6.20. The maximum Gasteiger partial charge on any atom is 0.0601 e. The van der Waals surface area contributed by atoms with E-state index in [1.54, 1.807) is 0 Å². The molecular weight excluding hydrogens is 162 g/mol. The first-order valence-electron chi connectivity index (χ1n) is 5.46. The van der Waals surface area contributed by atoms with Gasteiger partial charge in [-0.25, -0.2) is 0 Å². The van der Waals surface area contributed by atoms with Crippen molar-refractivity contribution < 1.29 is 4.74 Å². The third-order valence-corrected chi connectivity index (χ3v) is 2.90. The molecule has 78 valence electrons. The quantitative estimate of drug-likeness (QED) is 0.665. The highest BCUT2D eigenvalue weighted by Crippen LogP contribution is 2.25. The monoisotopic (exact) mass is 185 g/mol. The molecule has 2 heteroatoms. The Morgan fingerprint density at radius 3 is 2.54 bits per heavy atom. The number of hydrogen-bond donors (Lipinski definition) is 0. The Morgan fingerprint density at radius 2 is 1.92 bits per heavy atom. The molecule has 0 amide bonds. The SMILES string of the molecule is CC1CCCCC1OCCN(C)C. The molecule has 1 aliphatic rings. The molecule has 13 heavy (non-hydrogen) atoms. The molecule has 0 heterocycles. The summed E-state index contributed by atoms with van der Waals surface area (Å²) in [5.41, 5.74) is 0. The molecular formula is C11H23NO. The first-order valence-corrected chi connectivity index (χ1v) is 5.46. The van der Waals surface area contributed by atoms with E-state index in [0.717, 1.165) is 19.1 Å². The highest BCUT2D eigenvalue weighted by atomic mass is 16.5. The van der Waals surface area contributed by atoms with Crippen LogP contribution >= 0.6 is 0 Å². The number of rotatable bonds is 4. The Kier molecular flexibility index (Phi) is 4.74. The fraction of sp³-hybridized carbons (Fsp3) is 1.00. The molecule has 2 atom stereocenters. The zero-order valence-electron chi connectivity index (χ0n) is 9.25. The second-order valence-electron chi connectivity index (χ2n) is 4.47. The molecule has 0 aromatic rings. The van der Waals surface area contributed by atoms with Gasteiger partial charge in [-0.1, -0.05) is 19.8 Å². The van der Waals surface area contributed by atoms with Crippen LogP contribution in [0.3, 0.4) is 0 Å². The summed E-state index contributed by atoms with van der Waals surface area (Å²) in [4.78, 5) is 2.17. The average Bonchev–Trinajstić information content (AvgIpc) is 2.08. The predicted molar refractivity (Wildman–Crippen MR) is 55.9 cm³/mol. The van der Waals surface area contributed by atoms with Gasteiger partial charge in [-0.3, -0.25) is 0 Å². The normalized spacial score (nSPS) is 29.5. The standard InChI is InChI=1S/C11H23NO/c1-10-6-4-5-7-11(10)13-9-8-12(2)3/h10-11H,4-9H2,1-3H3. The van der Waals surface area contributed by atoms with E-state index in [1.165, 1.54) is 25.7 Å². The molecule has 0 saturated heterocycles. The van der Waals surface area contributed by atoms with Crippen molar-refractivity contribution >= 4 is 0 Å². The first kappa shape index (κ1) is 11.0. The second-order valence-corrected chi connectivity index (χ2v) is 4.47. The lowest BCUT2D eigenvalue weighted by molar-refractivity contribution is -0.00999. The Bertz CT molecular complexity index is 136. The van der Waals surface area contributed by atoms with Crippen molar-refractivity contribution in [1.29, 1.82) is 0 Å². The molecule has 1 aliphatic carbocycles. The molecule has 0 aliphatic heterocycles. The van der Waals surface area contributed by atoms with Crippen LogP contribution in [-0.4, -0.2) is 38.3 Å². The third kappa shape index (κ3) is 4.10. The fourth-order valence-electron chi connectivity index (χ4n) is 1.92. The molecule has 0 spiro atoms. The molecule has 2 unspecified atom stereocenters. The summed E-state index contributed by atoms with van der Waals surface area (Å²) in [7, 11) is 4.18. The van der Waals surface area contributed by atoms with Crippen LogP contribution in [0, 0.1) is 5.92 Å². The van der Waals surface area contributed by atoms with Crippen LogP contribution in [0.15, 0.2) is 0 Å². The zero-order valence-corrected chi connectivity index (χ0v) is 9.25. The molecule has 1 saturated carbocycles. The van der Waals surface area contributed by atoms with Gasteiger partial charge in [0.2, 0.25) is 0 Å². The van der Waals surface area contributed by atoms with Crippen molar-refractivity contribution in [2.75, 3.05) is 27.2 Å². The lowest BCUT2D eigenvalue weighted by atomic mass is 9.88. The second kappa shape index (κ2) is 5.61. The summed E-state index contributed by atoms with van der Waals surface area (Å²) in [6, 6.07) is 0. The largest absolute Gasteiger partial charge is 0.377 e. The van der Waals surface area contributed by atoms with Crippen molar-refractivity contribution in [3.63, 3.8) is 0 Å². The van der Waals surface area contributed by atoms with Gasteiger partial charge in [0.1, 0.15) is 0 Å². The van der Waals surface area contributed by atoms with Gasteiger partial charge in [-0.05, 0) is 32.9 Å². The minimum Gasteiger partial charge on any atom is -0.377 e. The van der Waals surface area contributed by atoms with Gasteiger partial charge in [0.05, 0.1) is 12.7 Å². The summed E-state index contributed by atoms with van der Waals surface area (Å²) < 4.78 is 5.86. The van der Waals surface area contributed by atoms with Gasteiger partial charge in [0, 0.05) is 6.54 Å². The van der Waals surface area contributed by atoms with Crippen molar-refractivity contribution in [3.05, 3.63) is 0 Å². The van der Waals surface area contributed by atoms with Gasteiger partial charge < -0.3 is 9.64 Å². The smallest absolute Gasteiger partial charge is 0.0601 e. The number of nitrogens with zero attached hydrogens (tertiary/aromatic N) is 1. The lowest BCUT2D eigenvalue weighted by Crippen LogP contribution is -2.29.